The highest BCUT2D eigenvalue weighted by molar-refractivity contribution is 6.01. The third-order valence-electron chi connectivity index (χ3n) is 9.61. The molecule has 0 aliphatic carbocycles. The molecular weight excluding hydrogens is 624 g/mol. The highest BCUT2D eigenvalue weighted by Crippen LogP contribution is 2.45. The van der Waals surface area contributed by atoms with Crippen molar-refractivity contribution in [2.45, 2.75) is 96.6 Å². The van der Waals surface area contributed by atoms with Crippen molar-refractivity contribution in [1.29, 1.82) is 0 Å². The third kappa shape index (κ3) is 7.20. The number of ether oxygens (including phenoxy) is 6. The normalized spacial score (nSPS) is 24.0. The van der Waals surface area contributed by atoms with Gasteiger partial charge in [-0.15, -0.1) is 0 Å². The fraction of sp³-hybridized carbons (Fsp3) is 0.425. The average Bonchev–Trinajstić information content (AvgIpc) is 3.31. The number of fused-ring (bicyclic) bond motifs is 3. The summed E-state index contributed by atoms with van der Waals surface area (Å²) >= 11 is 0. The Bertz CT molecular complexity index is 2010. The van der Waals surface area contributed by atoms with Crippen molar-refractivity contribution in [2.24, 2.45) is 0 Å². The van der Waals surface area contributed by atoms with Crippen LogP contribution in [-0.2, 0) is 14.2 Å². The Kier molecular flexibility index (Phi) is 8.71. The summed E-state index contributed by atoms with van der Waals surface area (Å²) in [5, 5.41) is 1.54. The number of hydrogen-bond acceptors (Lipinski definition) is 9. The molecule has 2 unspecified atom stereocenters. The van der Waals surface area contributed by atoms with Crippen molar-refractivity contribution in [2.75, 3.05) is 13.2 Å². The number of benzene rings is 2. The summed E-state index contributed by atoms with van der Waals surface area (Å²) in [6.07, 6.45) is 13.3. The standard InChI is InChI=1S/C40H44O9/c1-25(7-12-34-38(3,4)47-34)16-20-42-28-10-9-27-15-19-40(46-31(27)23-28)48-35(39(5,6)49-40)13-8-26(2)17-21-44-37-29-11-14-36(41)45-33(29)24-32-30(37)18-22-43-32/h9-11,14-19,22-24,34-35H,7-8,12-13,20-21H2,1-6H3/t34?,35?,40-/m0/s1. The van der Waals surface area contributed by atoms with Crippen molar-refractivity contribution < 1.29 is 37.3 Å². The van der Waals surface area contributed by atoms with Crippen LogP contribution >= 0.6 is 0 Å². The molecule has 258 valence electrons. The van der Waals surface area contributed by atoms with Crippen LogP contribution in [0.3, 0.4) is 0 Å². The first-order chi connectivity index (χ1) is 23.4. The van der Waals surface area contributed by atoms with E-state index in [4.69, 9.17) is 37.3 Å². The Hall–Kier alpha value is -4.31. The largest absolute Gasteiger partial charge is 0.489 e. The second kappa shape index (κ2) is 12.9. The topological polar surface area (TPSA) is 102 Å². The molecule has 4 aromatic rings. The fourth-order valence-corrected chi connectivity index (χ4v) is 6.50. The molecule has 0 N–H and O–H groups in total. The molecule has 5 heterocycles. The molecule has 9 heteroatoms. The predicted molar refractivity (Wildman–Crippen MR) is 187 cm³/mol. The van der Waals surface area contributed by atoms with Gasteiger partial charge in [0.1, 0.15) is 41.6 Å². The maximum absolute atomic E-state index is 11.8. The molecule has 1 spiro atoms. The maximum Gasteiger partial charge on any atom is 0.350 e. The number of epoxide rings is 1. The zero-order chi connectivity index (χ0) is 34.4. The minimum absolute atomic E-state index is 0.0251. The van der Waals surface area contributed by atoms with Gasteiger partial charge >= 0.3 is 11.6 Å². The van der Waals surface area contributed by atoms with Crippen LogP contribution in [0.5, 0.6) is 17.2 Å². The van der Waals surface area contributed by atoms with Gasteiger partial charge in [0.25, 0.3) is 0 Å². The first kappa shape index (κ1) is 33.2. The Morgan fingerprint density at radius 1 is 0.816 bits per heavy atom. The van der Waals surface area contributed by atoms with Crippen molar-refractivity contribution >= 4 is 28.0 Å². The molecule has 49 heavy (non-hydrogen) atoms. The van der Waals surface area contributed by atoms with E-state index < -0.39 is 17.2 Å². The third-order valence-corrected chi connectivity index (χ3v) is 9.61. The molecule has 2 fully saturated rings. The summed E-state index contributed by atoms with van der Waals surface area (Å²) in [4.78, 5) is 11.8. The van der Waals surface area contributed by atoms with Crippen molar-refractivity contribution in [1.82, 2.24) is 0 Å². The molecule has 0 bridgehead atoms. The minimum Gasteiger partial charge on any atom is -0.489 e. The summed E-state index contributed by atoms with van der Waals surface area (Å²) in [6.45, 7) is 13.4. The van der Waals surface area contributed by atoms with Crippen LogP contribution in [0.2, 0.25) is 0 Å². The Morgan fingerprint density at radius 2 is 1.51 bits per heavy atom. The molecule has 2 aromatic heterocycles. The molecule has 2 saturated heterocycles. The van der Waals surface area contributed by atoms with E-state index in [1.807, 2.05) is 50.3 Å². The molecule has 3 aliphatic heterocycles. The van der Waals surface area contributed by atoms with E-state index in [0.717, 1.165) is 53.3 Å². The lowest BCUT2D eigenvalue weighted by molar-refractivity contribution is -0.270. The van der Waals surface area contributed by atoms with Crippen LogP contribution in [-0.4, -0.2) is 42.6 Å². The van der Waals surface area contributed by atoms with Crippen LogP contribution < -0.4 is 19.8 Å². The van der Waals surface area contributed by atoms with Crippen LogP contribution in [0.15, 0.2) is 91.7 Å². The smallest absolute Gasteiger partial charge is 0.350 e. The molecule has 0 radical (unpaired) electrons. The summed E-state index contributed by atoms with van der Waals surface area (Å²) in [6, 6.07) is 12.5. The predicted octanol–water partition coefficient (Wildman–Crippen LogP) is 8.88. The summed E-state index contributed by atoms with van der Waals surface area (Å²) in [5.41, 5.74) is 3.41. The second-order valence-electron chi connectivity index (χ2n) is 14.3. The molecule has 7 rings (SSSR count). The van der Waals surface area contributed by atoms with Crippen molar-refractivity contribution in [3.05, 3.63) is 94.1 Å². The summed E-state index contributed by atoms with van der Waals surface area (Å²) in [7, 11) is 0. The van der Waals surface area contributed by atoms with Crippen molar-refractivity contribution in [3.63, 3.8) is 0 Å². The number of rotatable bonds is 12. The zero-order valence-electron chi connectivity index (χ0n) is 29.0. The van der Waals surface area contributed by atoms with Gasteiger partial charge in [0.2, 0.25) is 0 Å². The molecular formula is C40H44O9. The van der Waals surface area contributed by atoms with Crippen LogP contribution in [0.1, 0.15) is 72.8 Å². The lowest BCUT2D eigenvalue weighted by Crippen LogP contribution is -2.38. The lowest BCUT2D eigenvalue weighted by atomic mass is 9.96. The quantitative estimate of drug-likeness (QED) is 0.0832. The van der Waals surface area contributed by atoms with E-state index >= 15 is 0 Å². The minimum atomic E-state index is -1.31. The van der Waals surface area contributed by atoms with Gasteiger partial charge in [-0.2, -0.15) is 0 Å². The van der Waals surface area contributed by atoms with Gasteiger partial charge in [-0.3, -0.25) is 0 Å². The molecule has 0 amide bonds. The van der Waals surface area contributed by atoms with Crippen LogP contribution in [0, 0.1) is 0 Å². The van der Waals surface area contributed by atoms with Gasteiger partial charge < -0.3 is 37.3 Å². The molecule has 0 saturated carbocycles. The SMILES string of the molecule is CC(=CCOc1ccc2c(c1)O[C@@]1(C=C2)OC(CCC(C)=CCOc2c3ccoc3cc3oc(=O)ccc23)C(C)(C)O1)CCC1OC1(C)C. The molecule has 3 aliphatic rings. The highest BCUT2D eigenvalue weighted by atomic mass is 16.9. The first-order valence-electron chi connectivity index (χ1n) is 17.0. The molecule has 2 aromatic carbocycles. The van der Waals surface area contributed by atoms with Gasteiger partial charge in [-0.05, 0) is 110 Å². The molecule has 3 atom stereocenters. The van der Waals surface area contributed by atoms with E-state index in [-0.39, 0.29) is 11.7 Å². The average molecular weight is 669 g/mol. The molecule has 9 nitrogen and oxygen atoms in total. The number of furan rings is 1. The van der Waals surface area contributed by atoms with E-state index in [9.17, 15) is 4.79 Å². The number of allylic oxidation sites excluding steroid dienone is 2. The van der Waals surface area contributed by atoms with E-state index in [1.54, 1.807) is 18.4 Å². The Morgan fingerprint density at radius 3 is 2.24 bits per heavy atom. The Labute approximate surface area is 286 Å². The van der Waals surface area contributed by atoms with E-state index in [1.165, 1.54) is 11.6 Å². The zero-order valence-corrected chi connectivity index (χ0v) is 29.0. The van der Waals surface area contributed by atoms with Crippen molar-refractivity contribution in [3.8, 4) is 17.2 Å². The first-order valence-corrected chi connectivity index (χ1v) is 17.0. The Balaban J connectivity index is 0.939. The number of hydrogen-bond donors (Lipinski definition) is 0. The van der Waals surface area contributed by atoms with Gasteiger partial charge in [0.05, 0.1) is 40.4 Å². The van der Waals surface area contributed by atoms with Gasteiger partial charge in [0.15, 0.2) is 0 Å². The second-order valence-corrected chi connectivity index (χ2v) is 14.3. The van der Waals surface area contributed by atoms with Crippen LogP contribution in [0.25, 0.3) is 28.0 Å². The van der Waals surface area contributed by atoms with E-state index in [0.29, 0.717) is 42.0 Å². The monoisotopic (exact) mass is 668 g/mol. The van der Waals surface area contributed by atoms with E-state index in [2.05, 4.69) is 39.8 Å². The summed E-state index contributed by atoms with van der Waals surface area (Å²) in [5.74, 6) is 0.681. The van der Waals surface area contributed by atoms with Crippen LogP contribution in [0.4, 0.5) is 0 Å². The maximum atomic E-state index is 11.8. The summed E-state index contributed by atoms with van der Waals surface area (Å²) < 4.78 is 48.2. The lowest BCUT2D eigenvalue weighted by Gasteiger charge is -2.30. The highest BCUT2D eigenvalue weighted by Gasteiger charge is 2.54. The van der Waals surface area contributed by atoms with Gasteiger partial charge in [0, 0.05) is 29.8 Å². The van der Waals surface area contributed by atoms with Gasteiger partial charge in [-0.25, -0.2) is 4.79 Å². The fourth-order valence-electron chi connectivity index (χ4n) is 6.50. The van der Waals surface area contributed by atoms with Gasteiger partial charge in [-0.1, -0.05) is 11.1 Å².